The molecule has 8 heteroatoms. The zero-order valence-electron chi connectivity index (χ0n) is 16.9. The molecule has 1 N–H and O–H groups in total. The van der Waals surface area contributed by atoms with Crippen LogP contribution in [0, 0.1) is 17.2 Å². The number of piperazine rings is 1. The summed E-state index contributed by atoms with van der Waals surface area (Å²) < 4.78 is 5.49. The number of ether oxygens (including phenoxy) is 1. The van der Waals surface area contributed by atoms with Crippen molar-refractivity contribution in [2.45, 2.75) is 45.1 Å². The van der Waals surface area contributed by atoms with Crippen LogP contribution >= 0.6 is 11.3 Å². The summed E-state index contributed by atoms with van der Waals surface area (Å²) in [6.45, 7) is 5.79. The molecule has 0 radical (unpaired) electrons. The van der Waals surface area contributed by atoms with Gasteiger partial charge in [0.25, 0.3) is 5.91 Å². The summed E-state index contributed by atoms with van der Waals surface area (Å²) in [5.41, 5.74) is 1.78. The van der Waals surface area contributed by atoms with Gasteiger partial charge in [0.2, 0.25) is 5.91 Å². The van der Waals surface area contributed by atoms with E-state index in [0.29, 0.717) is 49.3 Å². The van der Waals surface area contributed by atoms with E-state index in [1.165, 1.54) is 4.88 Å². The van der Waals surface area contributed by atoms with Gasteiger partial charge in [0.15, 0.2) is 0 Å². The average molecular weight is 417 g/mol. The molecule has 0 spiro atoms. The second-order valence-corrected chi connectivity index (χ2v) is 9.42. The molecular weight excluding hydrogens is 388 g/mol. The van der Waals surface area contributed by atoms with E-state index in [0.717, 1.165) is 37.7 Å². The summed E-state index contributed by atoms with van der Waals surface area (Å²) in [5.74, 6) is 0.626. The van der Waals surface area contributed by atoms with Crippen molar-refractivity contribution in [3.05, 3.63) is 16.0 Å². The minimum absolute atomic E-state index is 0.0867. The third kappa shape index (κ3) is 4.47. The number of hydrogen-bond donors (Lipinski definition) is 1. The van der Waals surface area contributed by atoms with Gasteiger partial charge in [0, 0.05) is 37.7 Å². The van der Waals surface area contributed by atoms with Crippen LogP contribution in [0.15, 0.2) is 0 Å². The molecule has 0 unspecified atom stereocenters. The highest BCUT2D eigenvalue weighted by Gasteiger charge is 2.31. The van der Waals surface area contributed by atoms with E-state index in [1.807, 2.05) is 4.90 Å². The lowest BCUT2D eigenvalue weighted by Crippen LogP contribution is -2.52. The largest absolute Gasteiger partial charge is 0.368 e. The first-order chi connectivity index (χ1) is 14.0. The van der Waals surface area contributed by atoms with Crippen molar-refractivity contribution in [2.75, 3.05) is 44.6 Å². The normalized spacial score (nSPS) is 24.8. The molecule has 2 atom stereocenters. The highest BCUT2D eigenvalue weighted by molar-refractivity contribution is 7.16. The van der Waals surface area contributed by atoms with E-state index < -0.39 is 0 Å². The van der Waals surface area contributed by atoms with Crippen LogP contribution in [0.4, 0.5) is 5.00 Å². The maximum atomic E-state index is 12.6. The Morgan fingerprint density at radius 1 is 1.28 bits per heavy atom. The van der Waals surface area contributed by atoms with Crippen molar-refractivity contribution < 1.29 is 14.3 Å². The summed E-state index contributed by atoms with van der Waals surface area (Å²) in [4.78, 5) is 30.2. The number of amides is 2. The fourth-order valence-corrected chi connectivity index (χ4v) is 5.81. The molecule has 0 aromatic carbocycles. The lowest BCUT2D eigenvalue weighted by atomic mass is 9.89. The number of nitrogens with one attached hydrogen (secondary N) is 1. The minimum atomic E-state index is -0.276. The van der Waals surface area contributed by atoms with Crippen LogP contribution in [-0.2, 0) is 27.2 Å². The van der Waals surface area contributed by atoms with Gasteiger partial charge in [-0.15, -0.1) is 11.3 Å². The first-order valence-electron chi connectivity index (χ1n) is 10.5. The van der Waals surface area contributed by atoms with E-state index >= 15 is 0 Å². The smallest absolute Gasteiger partial charge is 0.251 e. The molecule has 4 rings (SSSR count). The van der Waals surface area contributed by atoms with Gasteiger partial charge in [0.05, 0.1) is 12.1 Å². The van der Waals surface area contributed by atoms with Gasteiger partial charge in [-0.2, -0.15) is 5.26 Å². The van der Waals surface area contributed by atoms with Crippen LogP contribution in [0.1, 0.15) is 42.2 Å². The van der Waals surface area contributed by atoms with Crippen molar-refractivity contribution in [3.8, 4) is 6.07 Å². The molecule has 1 aromatic rings. The SMILES string of the molecule is C[C@H]1CCc2c(sc(NC(=O)CN3CCN(C(=O)[C@@H]4CCCO4)CC3)c2C#N)C1. The molecule has 0 saturated carbocycles. The van der Waals surface area contributed by atoms with Crippen LogP contribution in [0.25, 0.3) is 0 Å². The predicted octanol–water partition coefficient (Wildman–Crippen LogP) is 2.01. The molecule has 1 aromatic heterocycles. The van der Waals surface area contributed by atoms with Crippen molar-refractivity contribution in [3.63, 3.8) is 0 Å². The van der Waals surface area contributed by atoms with E-state index in [1.54, 1.807) is 11.3 Å². The lowest BCUT2D eigenvalue weighted by molar-refractivity contribution is -0.142. The Hall–Kier alpha value is -1.95. The molecule has 2 amide bonds. The Morgan fingerprint density at radius 2 is 2.07 bits per heavy atom. The standard InChI is InChI=1S/C21H28N4O3S/c1-14-4-5-15-16(12-22)20(29-18(15)11-14)23-19(26)13-24-6-8-25(9-7-24)21(27)17-3-2-10-28-17/h14,17H,2-11,13H2,1H3,(H,23,26)/t14-,17-/m0/s1. The maximum Gasteiger partial charge on any atom is 0.251 e. The molecule has 0 bridgehead atoms. The lowest BCUT2D eigenvalue weighted by Gasteiger charge is -2.35. The molecule has 2 saturated heterocycles. The summed E-state index contributed by atoms with van der Waals surface area (Å²) in [6.07, 6.45) is 4.50. The number of anilines is 1. The fraction of sp³-hybridized carbons (Fsp3) is 0.667. The van der Waals surface area contributed by atoms with Gasteiger partial charge in [-0.3, -0.25) is 14.5 Å². The summed E-state index contributed by atoms with van der Waals surface area (Å²) >= 11 is 1.56. The minimum Gasteiger partial charge on any atom is -0.368 e. The molecular formula is C21H28N4O3S. The molecule has 156 valence electrons. The quantitative estimate of drug-likeness (QED) is 0.812. The second-order valence-electron chi connectivity index (χ2n) is 8.32. The van der Waals surface area contributed by atoms with Crippen LogP contribution < -0.4 is 5.32 Å². The topological polar surface area (TPSA) is 85.7 Å². The first-order valence-corrected chi connectivity index (χ1v) is 11.3. The van der Waals surface area contributed by atoms with Crippen LogP contribution in [0.2, 0.25) is 0 Å². The Morgan fingerprint density at radius 3 is 2.76 bits per heavy atom. The number of thiophene rings is 1. The van der Waals surface area contributed by atoms with Gasteiger partial charge in [0.1, 0.15) is 17.2 Å². The predicted molar refractivity (Wildman–Crippen MR) is 111 cm³/mol. The van der Waals surface area contributed by atoms with Gasteiger partial charge in [-0.1, -0.05) is 6.92 Å². The Balaban J connectivity index is 1.30. The Labute approximate surface area is 175 Å². The molecule has 7 nitrogen and oxygen atoms in total. The molecule has 2 aliphatic heterocycles. The Bertz CT molecular complexity index is 817. The molecule has 29 heavy (non-hydrogen) atoms. The Kier molecular flexibility index (Phi) is 6.18. The van der Waals surface area contributed by atoms with Crippen LogP contribution in [0.5, 0.6) is 0 Å². The fourth-order valence-electron chi connectivity index (χ4n) is 4.43. The first kappa shape index (κ1) is 20.3. The summed E-state index contributed by atoms with van der Waals surface area (Å²) in [6, 6.07) is 2.30. The highest BCUT2D eigenvalue weighted by Crippen LogP contribution is 2.39. The number of nitriles is 1. The molecule has 1 aliphatic carbocycles. The van der Waals surface area contributed by atoms with Crippen molar-refractivity contribution in [2.24, 2.45) is 5.92 Å². The van der Waals surface area contributed by atoms with E-state index in [9.17, 15) is 14.9 Å². The summed E-state index contributed by atoms with van der Waals surface area (Å²) in [7, 11) is 0. The highest BCUT2D eigenvalue weighted by atomic mass is 32.1. The zero-order valence-corrected chi connectivity index (χ0v) is 17.7. The number of fused-ring (bicyclic) bond motifs is 1. The maximum absolute atomic E-state index is 12.6. The molecule has 2 fully saturated rings. The van der Waals surface area contributed by atoms with Crippen molar-refractivity contribution in [1.82, 2.24) is 9.80 Å². The molecule has 3 aliphatic rings. The van der Waals surface area contributed by atoms with Gasteiger partial charge >= 0.3 is 0 Å². The van der Waals surface area contributed by atoms with Gasteiger partial charge in [-0.05, 0) is 43.6 Å². The monoisotopic (exact) mass is 416 g/mol. The number of rotatable bonds is 4. The second kappa shape index (κ2) is 8.82. The number of carbonyl (C=O) groups excluding carboxylic acids is 2. The zero-order chi connectivity index (χ0) is 20.4. The van der Waals surface area contributed by atoms with Crippen molar-refractivity contribution in [1.29, 1.82) is 5.26 Å². The van der Waals surface area contributed by atoms with Gasteiger partial charge < -0.3 is 15.0 Å². The molecule has 3 heterocycles. The number of nitrogens with zero attached hydrogens (tertiary/aromatic N) is 3. The van der Waals surface area contributed by atoms with E-state index in [2.05, 4.69) is 23.2 Å². The summed E-state index contributed by atoms with van der Waals surface area (Å²) in [5, 5.41) is 13.3. The van der Waals surface area contributed by atoms with Crippen LogP contribution in [-0.4, -0.2) is 67.0 Å². The van der Waals surface area contributed by atoms with E-state index in [-0.39, 0.29) is 24.5 Å². The van der Waals surface area contributed by atoms with Gasteiger partial charge in [-0.25, -0.2) is 0 Å². The third-order valence-corrected chi connectivity index (χ3v) is 7.30. The average Bonchev–Trinajstić information content (AvgIpc) is 3.35. The third-order valence-electron chi connectivity index (χ3n) is 6.13. The van der Waals surface area contributed by atoms with E-state index in [4.69, 9.17) is 4.74 Å². The number of carbonyl (C=O) groups is 2. The number of hydrogen-bond acceptors (Lipinski definition) is 6. The van der Waals surface area contributed by atoms with Crippen LogP contribution in [0.3, 0.4) is 0 Å². The van der Waals surface area contributed by atoms with Crippen molar-refractivity contribution >= 4 is 28.2 Å².